The molecule has 0 aromatic heterocycles. The molecular weight excluding hydrogens is 261 g/mol. The molecule has 0 unspecified atom stereocenters. The van der Waals surface area contributed by atoms with Crippen LogP contribution in [-0.2, 0) is 4.79 Å². The van der Waals surface area contributed by atoms with Gasteiger partial charge in [-0.3, -0.25) is 4.79 Å². The van der Waals surface area contributed by atoms with Gasteiger partial charge in [-0.1, -0.05) is 19.4 Å². The average Bonchev–Trinajstić information content (AvgIpc) is 2.27. The van der Waals surface area contributed by atoms with E-state index in [9.17, 15) is 18.0 Å². The molecule has 1 amide bonds. The quantitative estimate of drug-likeness (QED) is 0.869. The van der Waals surface area contributed by atoms with Crippen molar-refractivity contribution >= 4 is 11.6 Å². The lowest BCUT2D eigenvalue weighted by Crippen LogP contribution is -2.35. The number of rotatable bonds is 5. The van der Waals surface area contributed by atoms with Gasteiger partial charge in [0.25, 0.3) is 0 Å². The fourth-order valence-corrected chi connectivity index (χ4v) is 1.45. The standard InChI is InChI=1S/C12H15F3N2O2/c1-2-4-10(16)11(18)17-8-5-3-6-9(7-8)19-12(13,14)15/h3,5-7,10H,2,4,16H2,1H3,(H,17,18)/t10-/m1/s1. The summed E-state index contributed by atoms with van der Waals surface area (Å²) in [5.74, 6) is -0.833. The van der Waals surface area contributed by atoms with Gasteiger partial charge in [-0.25, -0.2) is 0 Å². The molecule has 0 aliphatic heterocycles. The molecule has 1 aromatic rings. The molecule has 106 valence electrons. The summed E-state index contributed by atoms with van der Waals surface area (Å²) in [6, 6.07) is 4.36. The monoisotopic (exact) mass is 276 g/mol. The lowest BCUT2D eigenvalue weighted by Gasteiger charge is -2.13. The third-order valence-electron chi connectivity index (χ3n) is 2.27. The van der Waals surface area contributed by atoms with Crippen LogP contribution in [0.4, 0.5) is 18.9 Å². The highest BCUT2D eigenvalue weighted by Crippen LogP contribution is 2.25. The van der Waals surface area contributed by atoms with Gasteiger partial charge in [-0.2, -0.15) is 0 Å². The van der Waals surface area contributed by atoms with Gasteiger partial charge in [0.2, 0.25) is 5.91 Å². The van der Waals surface area contributed by atoms with Crippen LogP contribution < -0.4 is 15.8 Å². The van der Waals surface area contributed by atoms with Crippen LogP contribution >= 0.6 is 0 Å². The lowest BCUT2D eigenvalue weighted by atomic mass is 10.1. The van der Waals surface area contributed by atoms with Gasteiger partial charge in [0, 0.05) is 11.8 Å². The summed E-state index contributed by atoms with van der Waals surface area (Å²) in [7, 11) is 0. The van der Waals surface area contributed by atoms with Crippen LogP contribution in [0.5, 0.6) is 5.75 Å². The third-order valence-corrected chi connectivity index (χ3v) is 2.27. The van der Waals surface area contributed by atoms with E-state index in [1.54, 1.807) is 0 Å². The minimum absolute atomic E-state index is 0.207. The van der Waals surface area contributed by atoms with Gasteiger partial charge in [0.1, 0.15) is 5.75 Å². The Morgan fingerprint density at radius 2 is 2.16 bits per heavy atom. The Balaban J connectivity index is 2.69. The van der Waals surface area contributed by atoms with Crippen molar-refractivity contribution in [1.29, 1.82) is 0 Å². The molecule has 0 radical (unpaired) electrons. The molecule has 19 heavy (non-hydrogen) atoms. The van der Waals surface area contributed by atoms with E-state index in [1.807, 2.05) is 6.92 Å². The Morgan fingerprint density at radius 3 is 2.74 bits per heavy atom. The maximum absolute atomic E-state index is 12.0. The number of hydrogen-bond acceptors (Lipinski definition) is 3. The molecule has 1 aromatic carbocycles. The second-order valence-corrected chi connectivity index (χ2v) is 3.96. The number of nitrogens with one attached hydrogen (secondary N) is 1. The molecule has 0 bridgehead atoms. The van der Waals surface area contributed by atoms with E-state index in [0.717, 1.165) is 18.6 Å². The number of amides is 1. The van der Waals surface area contributed by atoms with Crippen molar-refractivity contribution < 1.29 is 22.7 Å². The second kappa shape index (κ2) is 6.42. The van der Waals surface area contributed by atoms with Gasteiger partial charge >= 0.3 is 6.36 Å². The van der Waals surface area contributed by atoms with Crippen LogP contribution in [0.15, 0.2) is 24.3 Å². The zero-order valence-corrected chi connectivity index (χ0v) is 10.3. The number of halogens is 3. The van der Waals surface area contributed by atoms with Crippen molar-refractivity contribution in [2.24, 2.45) is 5.73 Å². The number of carbonyl (C=O) groups excluding carboxylic acids is 1. The van der Waals surface area contributed by atoms with Crippen LogP contribution in [0.3, 0.4) is 0 Å². The number of carbonyl (C=O) groups is 1. The van der Waals surface area contributed by atoms with Gasteiger partial charge in [0.05, 0.1) is 6.04 Å². The van der Waals surface area contributed by atoms with Crippen LogP contribution in [0.25, 0.3) is 0 Å². The van der Waals surface area contributed by atoms with E-state index < -0.39 is 24.1 Å². The highest BCUT2D eigenvalue weighted by Gasteiger charge is 2.31. The zero-order chi connectivity index (χ0) is 14.5. The molecule has 1 rings (SSSR count). The van der Waals surface area contributed by atoms with E-state index in [1.165, 1.54) is 12.1 Å². The molecule has 0 fully saturated rings. The van der Waals surface area contributed by atoms with Gasteiger partial charge in [-0.15, -0.1) is 13.2 Å². The van der Waals surface area contributed by atoms with Crippen molar-refractivity contribution in [2.45, 2.75) is 32.2 Å². The Bertz CT molecular complexity index is 435. The predicted octanol–water partition coefficient (Wildman–Crippen LogP) is 2.65. The Hall–Kier alpha value is -1.76. The van der Waals surface area contributed by atoms with Crippen molar-refractivity contribution in [3.05, 3.63) is 24.3 Å². The first-order chi connectivity index (χ1) is 8.81. The maximum atomic E-state index is 12.0. The molecule has 0 aliphatic carbocycles. The van der Waals surface area contributed by atoms with Crippen LogP contribution in [0.1, 0.15) is 19.8 Å². The van der Waals surface area contributed by atoms with E-state index in [0.29, 0.717) is 6.42 Å². The highest BCUT2D eigenvalue weighted by molar-refractivity contribution is 5.94. The lowest BCUT2D eigenvalue weighted by molar-refractivity contribution is -0.274. The van der Waals surface area contributed by atoms with Gasteiger partial charge in [-0.05, 0) is 18.6 Å². The molecule has 7 heteroatoms. The smallest absolute Gasteiger partial charge is 0.406 e. The molecule has 0 heterocycles. The first-order valence-corrected chi connectivity index (χ1v) is 5.74. The highest BCUT2D eigenvalue weighted by atomic mass is 19.4. The van der Waals surface area contributed by atoms with E-state index in [-0.39, 0.29) is 5.69 Å². The average molecular weight is 276 g/mol. The first-order valence-electron chi connectivity index (χ1n) is 5.74. The van der Waals surface area contributed by atoms with Crippen LogP contribution in [0.2, 0.25) is 0 Å². The Labute approximate surface area is 108 Å². The second-order valence-electron chi connectivity index (χ2n) is 3.96. The Morgan fingerprint density at radius 1 is 1.47 bits per heavy atom. The molecule has 0 spiro atoms. The number of nitrogens with two attached hydrogens (primary N) is 1. The molecule has 4 nitrogen and oxygen atoms in total. The minimum Gasteiger partial charge on any atom is -0.406 e. The van der Waals surface area contributed by atoms with E-state index >= 15 is 0 Å². The summed E-state index contributed by atoms with van der Waals surface area (Å²) in [6.45, 7) is 1.88. The molecule has 3 N–H and O–H groups in total. The molecule has 0 saturated carbocycles. The molecule has 1 atom stereocenters. The topological polar surface area (TPSA) is 64.4 Å². The van der Waals surface area contributed by atoms with Crippen molar-refractivity contribution in [3.63, 3.8) is 0 Å². The maximum Gasteiger partial charge on any atom is 0.573 e. The summed E-state index contributed by atoms with van der Waals surface area (Å²) in [6.07, 6.45) is -3.52. The van der Waals surface area contributed by atoms with Crippen LogP contribution in [0, 0.1) is 0 Å². The van der Waals surface area contributed by atoms with Crippen molar-refractivity contribution in [1.82, 2.24) is 0 Å². The summed E-state index contributed by atoms with van der Waals surface area (Å²) in [4.78, 5) is 11.6. The number of ether oxygens (including phenoxy) is 1. The van der Waals surface area contributed by atoms with Crippen molar-refractivity contribution in [2.75, 3.05) is 5.32 Å². The molecule has 0 aliphatic rings. The summed E-state index contributed by atoms with van der Waals surface area (Å²) in [5.41, 5.74) is 5.80. The number of hydrogen-bond donors (Lipinski definition) is 2. The predicted molar refractivity (Wildman–Crippen MR) is 64.6 cm³/mol. The normalized spacial score (nSPS) is 12.9. The largest absolute Gasteiger partial charge is 0.573 e. The number of anilines is 1. The van der Waals surface area contributed by atoms with Gasteiger partial charge in [0.15, 0.2) is 0 Å². The zero-order valence-electron chi connectivity index (χ0n) is 10.3. The summed E-state index contributed by atoms with van der Waals surface area (Å²) >= 11 is 0. The van der Waals surface area contributed by atoms with Gasteiger partial charge < -0.3 is 15.8 Å². The SMILES string of the molecule is CCC[C@@H](N)C(=O)Nc1cccc(OC(F)(F)F)c1. The number of alkyl halides is 3. The van der Waals surface area contributed by atoms with Crippen molar-refractivity contribution in [3.8, 4) is 5.75 Å². The van der Waals surface area contributed by atoms with Crippen LogP contribution in [-0.4, -0.2) is 18.3 Å². The van der Waals surface area contributed by atoms with E-state index in [2.05, 4.69) is 10.1 Å². The fraction of sp³-hybridized carbons (Fsp3) is 0.417. The minimum atomic E-state index is -4.76. The summed E-state index contributed by atoms with van der Waals surface area (Å²) < 4.78 is 39.9. The Kier molecular flexibility index (Phi) is 5.17. The first kappa shape index (κ1) is 15.3. The number of benzene rings is 1. The fourth-order valence-electron chi connectivity index (χ4n) is 1.45. The molecular formula is C12H15F3N2O2. The molecule has 0 saturated heterocycles. The summed E-state index contributed by atoms with van der Waals surface area (Å²) in [5, 5.41) is 2.44. The third kappa shape index (κ3) is 5.60. The van der Waals surface area contributed by atoms with E-state index in [4.69, 9.17) is 5.73 Å².